The molecule has 2 aromatic rings. The van der Waals surface area contributed by atoms with E-state index in [1.807, 2.05) is 18.2 Å². The minimum atomic E-state index is -0.700. The fraction of sp³-hybridized carbons (Fsp3) is 0.364. The van der Waals surface area contributed by atoms with E-state index in [-0.39, 0.29) is 19.0 Å². The standard InChI is InChI=1S/C22H26FNO4/c1-4-11-28-16-20(25)15-24(13-17-5-8-19(23)9-6-17)14-18-7-10-21(26-2)22(12-18)27-3/h1,5-10,12,20,25H,11,13-16H2,2-3H3. The van der Waals surface area contributed by atoms with Gasteiger partial charge in [0.1, 0.15) is 12.4 Å². The van der Waals surface area contributed by atoms with Gasteiger partial charge >= 0.3 is 0 Å². The molecule has 28 heavy (non-hydrogen) atoms. The summed E-state index contributed by atoms with van der Waals surface area (Å²) < 4.78 is 29.1. The molecular weight excluding hydrogens is 361 g/mol. The Kier molecular flexibility index (Phi) is 8.76. The van der Waals surface area contributed by atoms with Crippen molar-refractivity contribution in [1.29, 1.82) is 0 Å². The maximum atomic E-state index is 13.2. The molecule has 5 nitrogen and oxygen atoms in total. The van der Waals surface area contributed by atoms with E-state index >= 15 is 0 Å². The zero-order valence-corrected chi connectivity index (χ0v) is 16.2. The molecule has 0 aromatic heterocycles. The molecule has 0 spiro atoms. The van der Waals surface area contributed by atoms with Crippen LogP contribution in [0, 0.1) is 18.2 Å². The number of rotatable bonds is 11. The number of terminal acetylenes is 1. The van der Waals surface area contributed by atoms with Crippen molar-refractivity contribution in [3.63, 3.8) is 0 Å². The van der Waals surface area contributed by atoms with Crippen LogP contribution in [-0.4, -0.2) is 50.1 Å². The minimum Gasteiger partial charge on any atom is -0.493 e. The van der Waals surface area contributed by atoms with Crippen molar-refractivity contribution in [2.75, 3.05) is 34.0 Å². The van der Waals surface area contributed by atoms with Crippen LogP contribution in [0.25, 0.3) is 0 Å². The molecule has 0 bridgehead atoms. The van der Waals surface area contributed by atoms with Crippen molar-refractivity contribution in [2.24, 2.45) is 0 Å². The van der Waals surface area contributed by atoms with Gasteiger partial charge < -0.3 is 19.3 Å². The number of aliphatic hydroxyl groups is 1. The largest absolute Gasteiger partial charge is 0.493 e. The summed E-state index contributed by atoms with van der Waals surface area (Å²) in [6, 6.07) is 12.0. The molecule has 0 aliphatic rings. The van der Waals surface area contributed by atoms with Gasteiger partial charge in [-0.3, -0.25) is 4.90 Å². The van der Waals surface area contributed by atoms with Crippen LogP contribution in [0.15, 0.2) is 42.5 Å². The van der Waals surface area contributed by atoms with Crippen molar-refractivity contribution in [2.45, 2.75) is 19.2 Å². The Labute approximate surface area is 165 Å². The van der Waals surface area contributed by atoms with E-state index in [2.05, 4.69) is 10.8 Å². The highest BCUT2D eigenvalue weighted by Crippen LogP contribution is 2.28. The summed E-state index contributed by atoms with van der Waals surface area (Å²) in [5, 5.41) is 10.3. The van der Waals surface area contributed by atoms with Crippen molar-refractivity contribution in [1.82, 2.24) is 4.90 Å². The van der Waals surface area contributed by atoms with Crippen molar-refractivity contribution in [3.8, 4) is 23.8 Å². The third-order valence-electron chi connectivity index (χ3n) is 4.14. The van der Waals surface area contributed by atoms with Crippen LogP contribution in [0.4, 0.5) is 4.39 Å². The van der Waals surface area contributed by atoms with E-state index in [0.717, 1.165) is 11.1 Å². The molecule has 0 amide bonds. The van der Waals surface area contributed by atoms with Crippen LogP contribution in [0.2, 0.25) is 0 Å². The summed E-state index contributed by atoms with van der Waals surface area (Å²) in [7, 11) is 3.18. The van der Waals surface area contributed by atoms with Crippen molar-refractivity contribution < 1.29 is 23.7 Å². The summed E-state index contributed by atoms with van der Waals surface area (Å²) in [6.45, 7) is 1.78. The number of aliphatic hydroxyl groups excluding tert-OH is 1. The predicted molar refractivity (Wildman–Crippen MR) is 106 cm³/mol. The van der Waals surface area contributed by atoms with E-state index in [1.165, 1.54) is 12.1 Å². The zero-order chi connectivity index (χ0) is 20.4. The number of hydrogen-bond donors (Lipinski definition) is 1. The summed E-state index contributed by atoms with van der Waals surface area (Å²) in [6.07, 6.45) is 4.46. The quantitative estimate of drug-likeness (QED) is 0.475. The van der Waals surface area contributed by atoms with E-state index in [0.29, 0.717) is 31.1 Å². The molecule has 0 aliphatic heterocycles. The lowest BCUT2D eigenvalue weighted by Crippen LogP contribution is -2.34. The van der Waals surface area contributed by atoms with Crippen molar-refractivity contribution in [3.05, 3.63) is 59.4 Å². The molecular formula is C22H26FNO4. The summed E-state index contributed by atoms with van der Waals surface area (Å²) >= 11 is 0. The summed E-state index contributed by atoms with van der Waals surface area (Å²) in [5.41, 5.74) is 1.94. The Balaban J connectivity index is 2.12. The fourth-order valence-corrected chi connectivity index (χ4v) is 2.87. The normalized spacial score (nSPS) is 11.9. The monoisotopic (exact) mass is 387 g/mol. The smallest absolute Gasteiger partial charge is 0.161 e. The van der Waals surface area contributed by atoms with E-state index < -0.39 is 6.10 Å². The average molecular weight is 387 g/mol. The van der Waals surface area contributed by atoms with Crippen LogP contribution in [-0.2, 0) is 17.8 Å². The Hall–Kier alpha value is -2.59. The Morgan fingerprint density at radius 3 is 2.32 bits per heavy atom. The van der Waals surface area contributed by atoms with Gasteiger partial charge in [0, 0.05) is 19.6 Å². The van der Waals surface area contributed by atoms with E-state index in [9.17, 15) is 9.50 Å². The zero-order valence-electron chi connectivity index (χ0n) is 16.2. The molecule has 2 rings (SSSR count). The first kappa shape index (κ1) is 21.7. The third kappa shape index (κ3) is 6.86. The molecule has 1 N–H and O–H groups in total. The second kappa shape index (κ2) is 11.3. The molecule has 1 unspecified atom stereocenters. The van der Waals surface area contributed by atoms with Crippen molar-refractivity contribution >= 4 is 0 Å². The van der Waals surface area contributed by atoms with Gasteiger partial charge in [-0.1, -0.05) is 24.1 Å². The summed E-state index contributed by atoms with van der Waals surface area (Å²) in [4.78, 5) is 2.05. The highest BCUT2D eigenvalue weighted by Gasteiger charge is 2.15. The van der Waals surface area contributed by atoms with Crippen LogP contribution in [0.1, 0.15) is 11.1 Å². The minimum absolute atomic E-state index is 0.149. The molecule has 1 atom stereocenters. The second-order valence-corrected chi connectivity index (χ2v) is 6.36. The fourth-order valence-electron chi connectivity index (χ4n) is 2.87. The number of halogens is 1. The number of hydrogen-bond acceptors (Lipinski definition) is 5. The molecule has 0 radical (unpaired) electrons. The van der Waals surface area contributed by atoms with E-state index in [1.54, 1.807) is 26.4 Å². The van der Waals surface area contributed by atoms with Crippen LogP contribution < -0.4 is 9.47 Å². The van der Waals surface area contributed by atoms with Gasteiger partial charge in [-0.25, -0.2) is 4.39 Å². The SMILES string of the molecule is C#CCOCC(O)CN(Cc1ccc(F)cc1)Cc1ccc(OC)c(OC)c1. The molecule has 150 valence electrons. The number of nitrogens with zero attached hydrogens (tertiary/aromatic N) is 1. The number of benzene rings is 2. The highest BCUT2D eigenvalue weighted by atomic mass is 19.1. The third-order valence-corrected chi connectivity index (χ3v) is 4.14. The second-order valence-electron chi connectivity index (χ2n) is 6.36. The first-order valence-electron chi connectivity index (χ1n) is 8.92. The Morgan fingerprint density at radius 2 is 1.68 bits per heavy atom. The predicted octanol–water partition coefficient (Wildman–Crippen LogP) is 2.86. The van der Waals surface area contributed by atoms with Gasteiger partial charge in [-0.2, -0.15) is 0 Å². The molecule has 0 saturated heterocycles. The summed E-state index contributed by atoms with van der Waals surface area (Å²) in [5.74, 6) is 3.39. The van der Waals surface area contributed by atoms with Crippen LogP contribution >= 0.6 is 0 Å². The first-order chi connectivity index (χ1) is 13.5. The van der Waals surface area contributed by atoms with Gasteiger partial charge in [0.05, 0.1) is 26.9 Å². The molecule has 0 fully saturated rings. The Bertz CT molecular complexity index is 773. The van der Waals surface area contributed by atoms with E-state index in [4.69, 9.17) is 20.6 Å². The average Bonchev–Trinajstić information content (AvgIpc) is 2.69. The molecule has 2 aromatic carbocycles. The van der Waals surface area contributed by atoms with Gasteiger partial charge in [-0.05, 0) is 35.4 Å². The highest BCUT2D eigenvalue weighted by molar-refractivity contribution is 5.42. The molecule has 0 aliphatic carbocycles. The van der Waals surface area contributed by atoms with Gasteiger partial charge in [0.15, 0.2) is 11.5 Å². The number of methoxy groups -OCH3 is 2. The maximum absolute atomic E-state index is 13.2. The van der Waals surface area contributed by atoms with Crippen LogP contribution in [0.5, 0.6) is 11.5 Å². The lowest BCUT2D eigenvalue weighted by Gasteiger charge is -2.25. The topological polar surface area (TPSA) is 51.2 Å². The molecule has 0 saturated carbocycles. The van der Waals surface area contributed by atoms with Crippen LogP contribution in [0.3, 0.4) is 0 Å². The number of ether oxygens (including phenoxy) is 3. The first-order valence-corrected chi connectivity index (χ1v) is 8.92. The Morgan fingerprint density at radius 1 is 1.04 bits per heavy atom. The maximum Gasteiger partial charge on any atom is 0.161 e. The lowest BCUT2D eigenvalue weighted by atomic mass is 10.1. The lowest BCUT2D eigenvalue weighted by molar-refractivity contribution is 0.0243. The van der Waals surface area contributed by atoms with Gasteiger partial charge in [-0.15, -0.1) is 6.42 Å². The van der Waals surface area contributed by atoms with Gasteiger partial charge in [0.25, 0.3) is 0 Å². The molecule has 6 heteroatoms. The molecule has 0 heterocycles. The van der Waals surface area contributed by atoms with Gasteiger partial charge in [0.2, 0.25) is 0 Å².